The van der Waals surface area contributed by atoms with E-state index in [1.54, 1.807) is 46.2 Å². The summed E-state index contributed by atoms with van der Waals surface area (Å²) in [5.41, 5.74) is 1.02. The zero-order valence-electron chi connectivity index (χ0n) is 18.4. The Balaban J connectivity index is 1.73. The first-order valence-corrected chi connectivity index (χ1v) is 11.0. The van der Waals surface area contributed by atoms with E-state index in [0.29, 0.717) is 22.8 Å². The number of anilines is 2. The highest BCUT2D eigenvalue weighted by Gasteiger charge is 2.38. The Hall–Kier alpha value is -3.39. The lowest BCUT2D eigenvalue weighted by Gasteiger charge is -2.43. The van der Waals surface area contributed by atoms with Gasteiger partial charge in [-0.3, -0.25) is 14.6 Å². The Kier molecular flexibility index (Phi) is 6.36. The molecule has 0 spiro atoms. The van der Waals surface area contributed by atoms with Gasteiger partial charge in [-0.05, 0) is 61.4 Å². The number of fused-ring (bicyclic) bond motifs is 1. The number of halogens is 4. The predicted octanol–water partition coefficient (Wildman–Crippen LogP) is 6.29. The third-order valence-corrected chi connectivity index (χ3v) is 6.09. The van der Waals surface area contributed by atoms with E-state index >= 15 is 0 Å². The normalized spacial score (nSPS) is 17.8. The average Bonchev–Trinajstić information content (AvgIpc) is 2.79. The van der Waals surface area contributed by atoms with Gasteiger partial charge in [0, 0.05) is 35.6 Å². The van der Waals surface area contributed by atoms with Crippen LogP contribution >= 0.6 is 11.6 Å². The number of hydrogen-bond donors (Lipinski definition) is 0. The van der Waals surface area contributed by atoms with Crippen molar-refractivity contribution in [3.8, 4) is 0 Å². The molecule has 0 radical (unpaired) electrons. The van der Waals surface area contributed by atoms with Gasteiger partial charge in [0.05, 0.1) is 11.6 Å². The van der Waals surface area contributed by atoms with Crippen LogP contribution in [0.15, 0.2) is 66.9 Å². The number of amides is 2. The van der Waals surface area contributed by atoms with Crippen LogP contribution in [0.2, 0.25) is 5.02 Å². The first-order valence-electron chi connectivity index (χ1n) is 10.6. The van der Waals surface area contributed by atoms with Crippen LogP contribution < -0.4 is 9.80 Å². The van der Waals surface area contributed by atoms with Gasteiger partial charge in [-0.1, -0.05) is 29.8 Å². The van der Waals surface area contributed by atoms with E-state index in [1.165, 1.54) is 6.92 Å². The Morgan fingerprint density at radius 3 is 2.32 bits per heavy atom. The van der Waals surface area contributed by atoms with E-state index in [2.05, 4.69) is 4.98 Å². The first kappa shape index (κ1) is 23.8. The summed E-state index contributed by atoms with van der Waals surface area (Å²) >= 11 is 6.02. The average molecular weight is 488 g/mol. The lowest BCUT2D eigenvalue weighted by Crippen LogP contribution is -2.47. The van der Waals surface area contributed by atoms with Crippen molar-refractivity contribution in [2.45, 2.75) is 38.5 Å². The molecule has 1 aromatic heterocycles. The maximum Gasteiger partial charge on any atom is 0.433 e. The highest BCUT2D eigenvalue weighted by atomic mass is 35.5. The van der Waals surface area contributed by atoms with Gasteiger partial charge in [0.1, 0.15) is 5.69 Å². The molecule has 4 rings (SSSR count). The quantitative estimate of drug-likeness (QED) is 0.436. The molecule has 3 aromatic rings. The zero-order valence-corrected chi connectivity index (χ0v) is 19.1. The van der Waals surface area contributed by atoms with Gasteiger partial charge in [0.2, 0.25) is 5.91 Å². The second-order valence-corrected chi connectivity index (χ2v) is 8.57. The molecule has 2 unspecified atom stereocenters. The van der Waals surface area contributed by atoms with Crippen molar-refractivity contribution >= 4 is 34.8 Å². The van der Waals surface area contributed by atoms with Gasteiger partial charge in [0.15, 0.2) is 0 Å². The van der Waals surface area contributed by atoms with Gasteiger partial charge < -0.3 is 9.80 Å². The number of hydrogen-bond acceptors (Lipinski definition) is 3. The predicted molar refractivity (Wildman–Crippen MR) is 124 cm³/mol. The highest BCUT2D eigenvalue weighted by Crippen LogP contribution is 2.43. The summed E-state index contributed by atoms with van der Waals surface area (Å²) in [6.45, 7) is 3.33. The molecule has 0 fully saturated rings. The number of carbonyl (C=O) groups excluding carboxylic acids is 2. The van der Waals surface area contributed by atoms with Gasteiger partial charge in [-0.25, -0.2) is 0 Å². The molecule has 2 amide bonds. The Morgan fingerprint density at radius 1 is 1.06 bits per heavy atom. The van der Waals surface area contributed by atoms with Crippen LogP contribution in [-0.2, 0) is 11.0 Å². The maximum absolute atomic E-state index is 13.4. The fourth-order valence-corrected chi connectivity index (χ4v) is 4.47. The summed E-state index contributed by atoms with van der Waals surface area (Å²) in [5.74, 6) is -0.624. The molecule has 1 aliphatic heterocycles. The molecule has 2 heterocycles. The Labute approximate surface area is 199 Å². The molecule has 176 valence electrons. The lowest BCUT2D eigenvalue weighted by molar-refractivity contribution is -0.141. The van der Waals surface area contributed by atoms with E-state index in [0.717, 1.165) is 23.9 Å². The highest BCUT2D eigenvalue weighted by molar-refractivity contribution is 6.30. The third-order valence-electron chi connectivity index (χ3n) is 5.84. The number of para-hydroxylation sites is 1. The largest absolute Gasteiger partial charge is 0.433 e. The summed E-state index contributed by atoms with van der Waals surface area (Å²) in [5, 5.41) is 0.548. The number of benzene rings is 2. The van der Waals surface area contributed by atoms with Crippen molar-refractivity contribution in [3.63, 3.8) is 0 Å². The van der Waals surface area contributed by atoms with E-state index < -0.39 is 17.8 Å². The fraction of sp³-hybridized carbons (Fsp3) is 0.240. The van der Waals surface area contributed by atoms with Crippen molar-refractivity contribution in [1.29, 1.82) is 0 Å². The van der Waals surface area contributed by atoms with Crippen LogP contribution in [0.4, 0.5) is 24.5 Å². The molecule has 0 aliphatic carbocycles. The topological polar surface area (TPSA) is 53.5 Å². The molecule has 34 heavy (non-hydrogen) atoms. The van der Waals surface area contributed by atoms with Crippen molar-refractivity contribution < 1.29 is 22.8 Å². The Bertz CT molecular complexity index is 1210. The molecular weight excluding hydrogens is 467 g/mol. The maximum atomic E-state index is 13.4. The van der Waals surface area contributed by atoms with Crippen LogP contribution in [0.1, 0.15) is 47.9 Å². The molecule has 0 saturated carbocycles. The molecule has 5 nitrogen and oxygen atoms in total. The SMILES string of the molecule is CC(=O)N(c1ccc(Cl)cc1)C1CC(C)N(C(=O)c2ccc(C(F)(F)F)nc2)c2ccccc21. The standard InChI is InChI=1S/C25H21ClF3N3O2/c1-15-13-22(32(16(2)33)19-10-8-18(26)9-11-19)20-5-3-4-6-21(20)31(15)24(34)17-7-12-23(30-14-17)25(27,28)29/h3-12,14-15,22H,13H2,1-2H3. The van der Waals surface area contributed by atoms with Crippen molar-refractivity contribution in [2.75, 3.05) is 9.80 Å². The summed E-state index contributed by atoms with van der Waals surface area (Å²) in [7, 11) is 0. The summed E-state index contributed by atoms with van der Waals surface area (Å²) in [6.07, 6.45) is -3.21. The number of nitrogens with zero attached hydrogens (tertiary/aromatic N) is 3. The molecule has 2 atom stereocenters. The molecular formula is C25H21ClF3N3O2. The van der Waals surface area contributed by atoms with Gasteiger partial charge in [0.25, 0.3) is 5.91 Å². The minimum atomic E-state index is -4.59. The van der Waals surface area contributed by atoms with E-state index in [-0.39, 0.29) is 23.6 Å². The molecule has 0 bridgehead atoms. The molecule has 2 aromatic carbocycles. The molecule has 0 saturated heterocycles. The summed E-state index contributed by atoms with van der Waals surface area (Å²) < 4.78 is 38.6. The van der Waals surface area contributed by atoms with Crippen molar-refractivity contribution in [3.05, 3.63) is 88.7 Å². The molecule has 9 heteroatoms. The van der Waals surface area contributed by atoms with Gasteiger partial charge in [-0.2, -0.15) is 13.2 Å². The van der Waals surface area contributed by atoms with Gasteiger partial charge >= 0.3 is 6.18 Å². The Morgan fingerprint density at radius 2 is 1.74 bits per heavy atom. The number of rotatable bonds is 3. The third kappa shape index (κ3) is 4.50. The van der Waals surface area contributed by atoms with E-state index in [1.807, 2.05) is 19.1 Å². The van der Waals surface area contributed by atoms with Crippen LogP contribution in [0.25, 0.3) is 0 Å². The zero-order chi connectivity index (χ0) is 24.6. The van der Waals surface area contributed by atoms with Crippen LogP contribution in [0, 0.1) is 0 Å². The summed E-state index contributed by atoms with van der Waals surface area (Å²) in [4.78, 5) is 32.7. The van der Waals surface area contributed by atoms with Crippen molar-refractivity contribution in [1.82, 2.24) is 4.98 Å². The molecule has 0 N–H and O–H groups in total. The number of carbonyl (C=O) groups is 2. The monoisotopic (exact) mass is 487 g/mol. The fourth-order valence-electron chi connectivity index (χ4n) is 4.35. The van der Waals surface area contributed by atoms with Crippen molar-refractivity contribution in [2.24, 2.45) is 0 Å². The number of pyridine rings is 1. The second kappa shape index (κ2) is 9.10. The first-order chi connectivity index (χ1) is 16.1. The minimum absolute atomic E-state index is 0.0502. The van der Waals surface area contributed by atoms with E-state index in [9.17, 15) is 22.8 Å². The lowest BCUT2D eigenvalue weighted by atomic mass is 9.89. The van der Waals surface area contributed by atoms with E-state index in [4.69, 9.17) is 11.6 Å². The second-order valence-electron chi connectivity index (χ2n) is 8.13. The van der Waals surface area contributed by atoms with Crippen LogP contribution in [0.3, 0.4) is 0 Å². The number of alkyl halides is 3. The smallest absolute Gasteiger partial charge is 0.305 e. The summed E-state index contributed by atoms with van der Waals surface area (Å²) in [6, 6.07) is 15.4. The van der Waals surface area contributed by atoms with Crippen LogP contribution in [0.5, 0.6) is 0 Å². The minimum Gasteiger partial charge on any atom is -0.305 e. The number of aromatic nitrogens is 1. The van der Waals surface area contributed by atoms with Gasteiger partial charge in [-0.15, -0.1) is 0 Å². The molecule has 1 aliphatic rings. The van der Waals surface area contributed by atoms with Crippen LogP contribution in [-0.4, -0.2) is 22.8 Å².